The number of hydrogen-bond donors (Lipinski definition) is 1. The van der Waals surface area contributed by atoms with Gasteiger partial charge in [-0.3, -0.25) is 14.6 Å². The van der Waals surface area contributed by atoms with Crippen LogP contribution in [0.25, 0.3) is 6.08 Å². The molecule has 0 bridgehead atoms. The fourth-order valence-corrected chi connectivity index (χ4v) is 4.67. The summed E-state index contributed by atoms with van der Waals surface area (Å²) in [5, 5.41) is 6.72. The number of carbonyl (C=O) groups is 2. The molecule has 4 rings (SSSR count). The third kappa shape index (κ3) is 5.12. The minimum Gasteiger partial charge on any atom is -0.493 e. The van der Waals surface area contributed by atoms with Crippen LogP contribution in [0.1, 0.15) is 38.3 Å². The van der Waals surface area contributed by atoms with Crippen molar-refractivity contribution in [3.63, 3.8) is 0 Å². The minimum absolute atomic E-state index is 0.0617. The fraction of sp³-hybridized carbons (Fsp3) is 0.269. The number of amides is 2. The smallest absolute Gasteiger partial charge is 0.252 e. The average Bonchev–Trinajstić information content (AvgIpc) is 3.41. The van der Waals surface area contributed by atoms with Gasteiger partial charge in [0.25, 0.3) is 5.91 Å². The van der Waals surface area contributed by atoms with Crippen LogP contribution in [-0.4, -0.2) is 42.5 Å². The van der Waals surface area contributed by atoms with E-state index in [4.69, 9.17) is 9.47 Å². The summed E-state index contributed by atoms with van der Waals surface area (Å²) in [5.41, 5.74) is 5.64. The molecular weight excluding hydrogens is 450 g/mol. The number of pyridine rings is 1. The molecule has 0 atom stereocenters. The zero-order valence-corrected chi connectivity index (χ0v) is 20.3. The summed E-state index contributed by atoms with van der Waals surface area (Å²) in [6.07, 6.45) is 5.92. The van der Waals surface area contributed by atoms with Crippen molar-refractivity contribution in [2.75, 3.05) is 20.8 Å². The number of ether oxygens (including phenoxy) is 2. The minimum atomic E-state index is -0.0915. The fourth-order valence-electron chi connectivity index (χ4n) is 4.04. The van der Waals surface area contributed by atoms with Crippen LogP contribution >= 0.6 is 11.3 Å². The van der Waals surface area contributed by atoms with Gasteiger partial charge in [-0.15, -0.1) is 0 Å². The Morgan fingerprint density at radius 2 is 2.03 bits per heavy atom. The summed E-state index contributed by atoms with van der Waals surface area (Å²) in [7, 11) is 3.17. The van der Waals surface area contributed by atoms with Crippen LogP contribution < -0.4 is 14.8 Å². The van der Waals surface area contributed by atoms with Crippen LogP contribution in [0.3, 0.4) is 0 Å². The standard InChI is InChI=1S/C26H27N3O4S/c1-17-22(14-28-26(31)19-9-11-34-16-19)21-8-10-29(15-20(21)13-27-17)25(30)7-5-18-4-6-23(32-2)24(12-18)33-3/h4-7,9,11-13,16H,8,10,14-15H2,1-3H3,(H,28,31). The average molecular weight is 478 g/mol. The summed E-state index contributed by atoms with van der Waals surface area (Å²) in [6.45, 7) is 3.47. The van der Waals surface area contributed by atoms with Gasteiger partial charge in [-0.2, -0.15) is 11.3 Å². The van der Waals surface area contributed by atoms with Crippen LogP contribution in [0, 0.1) is 6.92 Å². The molecule has 0 radical (unpaired) electrons. The quantitative estimate of drug-likeness (QED) is 0.521. The first kappa shape index (κ1) is 23.5. The highest BCUT2D eigenvalue weighted by molar-refractivity contribution is 7.08. The number of thiophene rings is 1. The lowest BCUT2D eigenvalue weighted by Gasteiger charge is -2.30. The zero-order valence-electron chi connectivity index (χ0n) is 19.5. The van der Waals surface area contributed by atoms with Crippen molar-refractivity contribution in [3.8, 4) is 11.5 Å². The van der Waals surface area contributed by atoms with Crippen molar-refractivity contribution >= 4 is 29.2 Å². The highest BCUT2D eigenvalue weighted by atomic mass is 32.1. The summed E-state index contributed by atoms with van der Waals surface area (Å²) in [4.78, 5) is 31.6. The van der Waals surface area contributed by atoms with Crippen LogP contribution in [0.4, 0.5) is 0 Å². The number of nitrogens with zero attached hydrogens (tertiary/aromatic N) is 2. The highest BCUT2D eigenvalue weighted by Crippen LogP contribution is 2.28. The lowest BCUT2D eigenvalue weighted by Crippen LogP contribution is -2.36. The van der Waals surface area contributed by atoms with Gasteiger partial charge < -0.3 is 19.7 Å². The molecule has 0 aliphatic carbocycles. The van der Waals surface area contributed by atoms with E-state index in [0.29, 0.717) is 36.7 Å². The van der Waals surface area contributed by atoms with Crippen molar-refractivity contribution < 1.29 is 19.1 Å². The molecule has 2 amide bonds. The highest BCUT2D eigenvalue weighted by Gasteiger charge is 2.23. The number of carbonyl (C=O) groups excluding carboxylic acids is 2. The van der Waals surface area contributed by atoms with Gasteiger partial charge in [0.2, 0.25) is 5.91 Å². The number of aromatic nitrogens is 1. The number of nitrogens with one attached hydrogen (secondary N) is 1. The summed E-state index contributed by atoms with van der Waals surface area (Å²) < 4.78 is 10.6. The molecular formula is C26H27N3O4S. The molecule has 1 aliphatic heterocycles. The van der Waals surface area contributed by atoms with E-state index >= 15 is 0 Å². The number of benzene rings is 1. The maximum Gasteiger partial charge on any atom is 0.252 e. The van der Waals surface area contributed by atoms with Crippen molar-refractivity contribution in [1.29, 1.82) is 0 Å². The first-order valence-electron chi connectivity index (χ1n) is 11.0. The molecule has 1 N–H and O–H groups in total. The maximum absolute atomic E-state index is 12.9. The van der Waals surface area contributed by atoms with Crippen LogP contribution in [0.15, 0.2) is 47.3 Å². The topological polar surface area (TPSA) is 80.8 Å². The molecule has 0 saturated carbocycles. The second-order valence-corrected chi connectivity index (χ2v) is 8.76. The first-order valence-corrected chi connectivity index (χ1v) is 11.9. The largest absolute Gasteiger partial charge is 0.493 e. The molecule has 0 spiro atoms. The Balaban J connectivity index is 1.44. The van der Waals surface area contributed by atoms with E-state index < -0.39 is 0 Å². The molecule has 7 nitrogen and oxygen atoms in total. The molecule has 34 heavy (non-hydrogen) atoms. The molecule has 0 saturated heterocycles. The van der Waals surface area contributed by atoms with E-state index in [0.717, 1.165) is 28.8 Å². The second kappa shape index (κ2) is 10.5. The Bertz CT molecular complexity index is 1220. The normalized spacial score (nSPS) is 13.0. The molecule has 1 aliphatic rings. The van der Waals surface area contributed by atoms with Gasteiger partial charge in [0.1, 0.15) is 0 Å². The lowest BCUT2D eigenvalue weighted by atomic mass is 9.94. The monoisotopic (exact) mass is 477 g/mol. The Labute approximate surface area is 203 Å². The summed E-state index contributed by atoms with van der Waals surface area (Å²) in [6, 6.07) is 7.33. The Morgan fingerprint density at radius 1 is 1.21 bits per heavy atom. The van der Waals surface area contributed by atoms with Gasteiger partial charge >= 0.3 is 0 Å². The molecule has 2 aromatic heterocycles. The third-order valence-electron chi connectivity index (χ3n) is 5.94. The van der Waals surface area contributed by atoms with Gasteiger partial charge in [0, 0.05) is 48.5 Å². The molecule has 0 unspecified atom stereocenters. The van der Waals surface area contributed by atoms with E-state index in [-0.39, 0.29) is 11.8 Å². The lowest BCUT2D eigenvalue weighted by molar-refractivity contribution is -0.126. The van der Waals surface area contributed by atoms with Crippen LogP contribution in [0.5, 0.6) is 11.5 Å². The molecule has 176 valence electrons. The molecule has 8 heteroatoms. The van der Waals surface area contributed by atoms with Gasteiger partial charge in [0.05, 0.1) is 14.2 Å². The van der Waals surface area contributed by atoms with E-state index in [9.17, 15) is 9.59 Å². The molecule has 0 fully saturated rings. The summed E-state index contributed by atoms with van der Waals surface area (Å²) in [5.74, 6) is 1.10. The Kier molecular flexibility index (Phi) is 7.27. The van der Waals surface area contributed by atoms with Gasteiger partial charge in [-0.05, 0) is 65.3 Å². The predicted octanol–water partition coefficient (Wildman–Crippen LogP) is 4.00. The third-order valence-corrected chi connectivity index (χ3v) is 6.63. The summed E-state index contributed by atoms with van der Waals surface area (Å²) >= 11 is 1.50. The maximum atomic E-state index is 12.9. The van der Waals surface area contributed by atoms with Gasteiger partial charge in [-0.25, -0.2) is 0 Å². The number of fused-ring (bicyclic) bond motifs is 1. The van der Waals surface area contributed by atoms with Crippen molar-refractivity contribution in [2.24, 2.45) is 0 Å². The van der Waals surface area contributed by atoms with E-state index in [1.807, 2.05) is 53.0 Å². The number of aryl methyl sites for hydroxylation is 1. The van der Waals surface area contributed by atoms with Crippen LogP contribution in [-0.2, 0) is 24.3 Å². The second-order valence-electron chi connectivity index (χ2n) is 7.98. The Hall–Kier alpha value is -3.65. The van der Waals surface area contributed by atoms with Gasteiger partial charge in [0.15, 0.2) is 11.5 Å². The number of hydrogen-bond acceptors (Lipinski definition) is 6. The van der Waals surface area contributed by atoms with Crippen molar-refractivity contribution in [1.82, 2.24) is 15.2 Å². The Morgan fingerprint density at radius 3 is 2.76 bits per heavy atom. The van der Waals surface area contributed by atoms with Gasteiger partial charge in [-0.1, -0.05) is 6.07 Å². The molecule has 1 aromatic carbocycles. The SMILES string of the molecule is COc1ccc(C=CC(=O)N2CCc3c(cnc(C)c3CNC(=O)c3ccsc3)C2)cc1OC. The predicted molar refractivity (Wildman–Crippen MR) is 132 cm³/mol. The van der Waals surface area contributed by atoms with Crippen molar-refractivity contribution in [3.05, 3.63) is 80.8 Å². The molecule has 3 heterocycles. The van der Waals surface area contributed by atoms with Crippen molar-refractivity contribution in [2.45, 2.75) is 26.4 Å². The van der Waals surface area contributed by atoms with E-state index in [2.05, 4.69) is 10.3 Å². The van der Waals surface area contributed by atoms with E-state index in [1.165, 1.54) is 16.9 Å². The zero-order chi connectivity index (χ0) is 24.1. The van der Waals surface area contributed by atoms with Crippen LogP contribution in [0.2, 0.25) is 0 Å². The van der Waals surface area contributed by atoms with E-state index in [1.54, 1.807) is 26.4 Å². The number of methoxy groups -OCH3 is 2. The number of rotatable bonds is 7. The molecule has 3 aromatic rings. The first-order chi connectivity index (χ1) is 16.5.